The van der Waals surface area contributed by atoms with Crippen LogP contribution < -0.4 is 15.2 Å². The third-order valence-electron chi connectivity index (χ3n) is 6.12. The Morgan fingerprint density at radius 2 is 1.66 bits per heavy atom. The molecular formula is C27H27N5O3. The quantitative estimate of drug-likeness (QED) is 0.445. The van der Waals surface area contributed by atoms with Crippen LogP contribution >= 0.6 is 0 Å². The van der Waals surface area contributed by atoms with Gasteiger partial charge in [-0.15, -0.1) is 0 Å². The third-order valence-corrected chi connectivity index (χ3v) is 6.12. The molecule has 1 aliphatic rings. The number of piperazine rings is 1. The highest BCUT2D eigenvalue weighted by atomic mass is 16.5. The van der Waals surface area contributed by atoms with Gasteiger partial charge in [0.05, 0.1) is 11.9 Å². The van der Waals surface area contributed by atoms with Crippen molar-refractivity contribution in [3.63, 3.8) is 0 Å². The number of benzene rings is 2. The van der Waals surface area contributed by atoms with Crippen LogP contribution in [0.3, 0.4) is 0 Å². The molecule has 0 atom stereocenters. The van der Waals surface area contributed by atoms with Gasteiger partial charge in [-0.05, 0) is 24.3 Å². The fraction of sp³-hybridized carbons (Fsp3) is 0.222. The third kappa shape index (κ3) is 5.17. The van der Waals surface area contributed by atoms with Crippen LogP contribution in [0.15, 0.2) is 90.1 Å². The second-order valence-electron chi connectivity index (χ2n) is 8.45. The normalized spacial score (nSPS) is 14.1. The van der Waals surface area contributed by atoms with Crippen molar-refractivity contribution in [2.75, 3.05) is 31.1 Å². The predicted molar refractivity (Wildman–Crippen MR) is 134 cm³/mol. The van der Waals surface area contributed by atoms with Gasteiger partial charge in [-0.2, -0.15) is 9.78 Å². The van der Waals surface area contributed by atoms with Gasteiger partial charge in [-0.1, -0.05) is 42.5 Å². The summed E-state index contributed by atoms with van der Waals surface area (Å²) in [4.78, 5) is 22.1. The summed E-state index contributed by atoms with van der Waals surface area (Å²) in [6.07, 6.45) is 5.15. The first-order chi connectivity index (χ1) is 17.2. The number of hydrogen-bond acceptors (Lipinski definition) is 7. The van der Waals surface area contributed by atoms with Crippen molar-refractivity contribution in [2.45, 2.75) is 13.2 Å². The van der Waals surface area contributed by atoms with E-state index in [2.05, 4.69) is 19.9 Å². The molecule has 1 saturated heterocycles. The van der Waals surface area contributed by atoms with Crippen molar-refractivity contribution in [1.82, 2.24) is 19.7 Å². The smallest absolute Gasteiger partial charge is 0.316 e. The number of nitrogens with zero attached hydrogens (tertiary/aromatic N) is 5. The number of aromatic nitrogens is 3. The maximum Gasteiger partial charge on any atom is 0.316 e. The number of aromatic hydroxyl groups is 1. The zero-order valence-electron chi connectivity index (χ0n) is 19.3. The standard InChI is InChI=1S/C27H27N5O3/c33-25-11-5-4-8-22(25)19-30-13-15-31(16-14-30)24-18-29-32(23-9-2-1-3-10-23)27(34)26(24)35-20-21-7-6-12-28-17-21/h1-12,17-18,33H,13-16,19-20H2. The minimum atomic E-state index is -0.297. The first kappa shape index (κ1) is 22.6. The lowest BCUT2D eigenvalue weighted by Gasteiger charge is -2.36. The van der Waals surface area contributed by atoms with Crippen LogP contribution in [0.4, 0.5) is 5.69 Å². The molecular weight excluding hydrogens is 442 g/mol. The van der Waals surface area contributed by atoms with Crippen LogP contribution in [0.1, 0.15) is 11.1 Å². The molecule has 0 saturated carbocycles. The second kappa shape index (κ2) is 10.4. The Labute approximate surface area is 203 Å². The number of hydrogen-bond donors (Lipinski definition) is 1. The Morgan fingerprint density at radius 1 is 0.886 bits per heavy atom. The number of anilines is 1. The number of para-hydroxylation sites is 2. The number of pyridine rings is 1. The number of phenols is 1. The molecule has 0 spiro atoms. The van der Waals surface area contributed by atoms with Crippen LogP contribution in [0.5, 0.6) is 11.5 Å². The van der Waals surface area contributed by atoms with E-state index in [1.807, 2.05) is 60.7 Å². The van der Waals surface area contributed by atoms with E-state index in [-0.39, 0.29) is 17.9 Å². The highest BCUT2D eigenvalue weighted by Crippen LogP contribution is 2.27. The van der Waals surface area contributed by atoms with E-state index < -0.39 is 0 Å². The van der Waals surface area contributed by atoms with Gasteiger partial charge in [0.25, 0.3) is 0 Å². The lowest BCUT2D eigenvalue weighted by atomic mass is 10.1. The van der Waals surface area contributed by atoms with E-state index in [1.165, 1.54) is 4.68 Å². The van der Waals surface area contributed by atoms with Crippen molar-refractivity contribution in [3.05, 3.63) is 107 Å². The Balaban J connectivity index is 1.38. The maximum absolute atomic E-state index is 13.5. The van der Waals surface area contributed by atoms with E-state index in [4.69, 9.17) is 4.74 Å². The lowest BCUT2D eigenvalue weighted by molar-refractivity contribution is 0.244. The molecule has 0 radical (unpaired) electrons. The molecule has 5 rings (SSSR count). The molecule has 2 aromatic heterocycles. The number of ether oxygens (including phenoxy) is 1. The molecule has 0 bridgehead atoms. The Hall–Kier alpha value is -4.17. The highest BCUT2D eigenvalue weighted by molar-refractivity contribution is 5.57. The lowest BCUT2D eigenvalue weighted by Crippen LogP contribution is -2.46. The van der Waals surface area contributed by atoms with Gasteiger partial charge < -0.3 is 14.7 Å². The van der Waals surface area contributed by atoms with Gasteiger partial charge in [-0.25, -0.2) is 0 Å². The predicted octanol–water partition coefficient (Wildman–Crippen LogP) is 3.23. The summed E-state index contributed by atoms with van der Waals surface area (Å²) in [5, 5.41) is 14.6. The van der Waals surface area contributed by atoms with Gasteiger partial charge in [0, 0.05) is 56.2 Å². The molecule has 8 heteroatoms. The summed E-state index contributed by atoms with van der Waals surface area (Å²) in [5.41, 5.74) is 2.87. The van der Waals surface area contributed by atoms with E-state index in [9.17, 15) is 9.90 Å². The zero-order chi connectivity index (χ0) is 24.0. The van der Waals surface area contributed by atoms with Crippen molar-refractivity contribution in [2.24, 2.45) is 0 Å². The van der Waals surface area contributed by atoms with Crippen molar-refractivity contribution >= 4 is 5.69 Å². The molecule has 0 unspecified atom stereocenters. The minimum Gasteiger partial charge on any atom is -0.508 e. The SMILES string of the molecule is O=c1c(OCc2cccnc2)c(N2CCN(Cc3ccccc3O)CC2)cnn1-c1ccccc1. The zero-order valence-corrected chi connectivity index (χ0v) is 19.3. The molecule has 2 aromatic carbocycles. The topological polar surface area (TPSA) is 83.7 Å². The van der Waals surface area contributed by atoms with Crippen LogP contribution in [0.2, 0.25) is 0 Å². The summed E-state index contributed by atoms with van der Waals surface area (Å²) in [6.45, 7) is 3.93. The van der Waals surface area contributed by atoms with E-state index in [1.54, 1.807) is 24.7 Å². The van der Waals surface area contributed by atoms with E-state index in [0.29, 0.717) is 36.8 Å². The number of phenolic OH excluding ortho intramolecular Hbond substituents is 1. The highest BCUT2D eigenvalue weighted by Gasteiger charge is 2.24. The Bertz CT molecular complexity index is 1320. The molecule has 1 aliphatic heterocycles. The first-order valence-corrected chi connectivity index (χ1v) is 11.6. The molecule has 0 aliphatic carbocycles. The second-order valence-corrected chi connectivity index (χ2v) is 8.45. The molecule has 0 amide bonds. The summed E-state index contributed by atoms with van der Waals surface area (Å²) >= 11 is 0. The first-order valence-electron chi connectivity index (χ1n) is 11.6. The fourth-order valence-corrected chi connectivity index (χ4v) is 4.21. The van der Waals surface area contributed by atoms with Crippen LogP contribution in [-0.4, -0.2) is 50.9 Å². The van der Waals surface area contributed by atoms with Crippen molar-refractivity contribution < 1.29 is 9.84 Å². The average Bonchev–Trinajstić information content (AvgIpc) is 2.91. The van der Waals surface area contributed by atoms with Gasteiger partial charge in [0.15, 0.2) is 0 Å². The van der Waals surface area contributed by atoms with Crippen molar-refractivity contribution in [3.8, 4) is 17.2 Å². The minimum absolute atomic E-state index is 0.238. The van der Waals surface area contributed by atoms with Gasteiger partial charge in [0.2, 0.25) is 5.75 Å². The van der Waals surface area contributed by atoms with E-state index in [0.717, 1.165) is 24.2 Å². The molecule has 1 fully saturated rings. The fourth-order valence-electron chi connectivity index (χ4n) is 4.21. The van der Waals surface area contributed by atoms with Crippen LogP contribution in [-0.2, 0) is 13.2 Å². The Morgan fingerprint density at radius 3 is 2.40 bits per heavy atom. The molecule has 3 heterocycles. The van der Waals surface area contributed by atoms with Gasteiger partial charge in [-0.3, -0.25) is 14.7 Å². The Kier molecular flexibility index (Phi) is 6.72. The molecule has 8 nitrogen and oxygen atoms in total. The maximum atomic E-state index is 13.5. The average molecular weight is 470 g/mol. The summed E-state index contributed by atoms with van der Waals surface area (Å²) in [7, 11) is 0. The summed E-state index contributed by atoms with van der Waals surface area (Å²) in [6, 6.07) is 20.5. The van der Waals surface area contributed by atoms with Crippen molar-refractivity contribution in [1.29, 1.82) is 0 Å². The molecule has 35 heavy (non-hydrogen) atoms. The summed E-state index contributed by atoms with van der Waals surface area (Å²) < 4.78 is 7.48. The number of rotatable bonds is 7. The van der Waals surface area contributed by atoms with Crippen LogP contribution in [0.25, 0.3) is 5.69 Å². The molecule has 4 aromatic rings. The van der Waals surface area contributed by atoms with Gasteiger partial charge in [0.1, 0.15) is 18.0 Å². The monoisotopic (exact) mass is 469 g/mol. The van der Waals surface area contributed by atoms with Gasteiger partial charge >= 0.3 is 5.56 Å². The molecule has 178 valence electrons. The summed E-state index contributed by atoms with van der Waals surface area (Å²) in [5.74, 6) is 0.594. The molecule has 1 N–H and O–H groups in total. The van der Waals surface area contributed by atoms with E-state index >= 15 is 0 Å². The largest absolute Gasteiger partial charge is 0.508 e. The van der Waals surface area contributed by atoms with Crippen LogP contribution in [0, 0.1) is 0 Å².